The maximum Gasteiger partial charge on any atom is 0.134 e. The summed E-state index contributed by atoms with van der Waals surface area (Å²) in [5.74, 6) is 0.857. The minimum Gasteiger partial charge on any atom is -0.459 e. The van der Waals surface area contributed by atoms with E-state index < -0.39 is 0 Å². The molecule has 0 bridgehead atoms. The van der Waals surface area contributed by atoms with Gasteiger partial charge in [0.25, 0.3) is 0 Å². The lowest BCUT2D eigenvalue weighted by Crippen LogP contribution is -2.25. The SMILES string of the molecule is CCCNC(c1cc2ccccc2o1)c1c(Cl)cnn1C. The second kappa shape index (κ2) is 5.92. The quantitative estimate of drug-likeness (QED) is 0.777. The number of rotatable bonds is 5. The summed E-state index contributed by atoms with van der Waals surface area (Å²) < 4.78 is 7.79. The van der Waals surface area contributed by atoms with Crippen molar-refractivity contribution in [3.8, 4) is 0 Å². The van der Waals surface area contributed by atoms with Crippen LogP contribution in [0.3, 0.4) is 0 Å². The molecule has 3 rings (SSSR count). The molecule has 110 valence electrons. The first kappa shape index (κ1) is 14.2. The molecular weight excluding hydrogens is 286 g/mol. The Balaban J connectivity index is 2.06. The predicted molar refractivity (Wildman–Crippen MR) is 84.6 cm³/mol. The smallest absolute Gasteiger partial charge is 0.134 e. The van der Waals surface area contributed by atoms with Crippen LogP contribution in [0.1, 0.15) is 30.8 Å². The van der Waals surface area contributed by atoms with Crippen molar-refractivity contribution in [2.45, 2.75) is 19.4 Å². The van der Waals surface area contributed by atoms with Crippen LogP contribution in [-0.2, 0) is 7.05 Å². The molecule has 1 unspecified atom stereocenters. The van der Waals surface area contributed by atoms with E-state index in [1.807, 2.05) is 31.3 Å². The van der Waals surface area contributed by atoms with Crippen LogP contribution in [0.4, 0.5) is 0 Å². The number of fused-ring (bicyclic) bond motifs is 1. The standard InChI is InChI=1S/C16H18ClN3O/c1-3-8-18-15(16-12(17)10-19-20(16)2)14-9-11-6-4-5-7-13(11)21-14/h4-7,9-10,15,18H,3,8H2,1-2H3. The summed E-state index contributed by atoms with van der Waals surface area (Å²) in [6, 6.07) is 9.96. The van der Waals surface area contributed by atoms with E-state index >= 15 is 0 Å². The minimum atomic E-state index is -0.0997. The van der Waals surface area contributed by atoms with Gasteiger partial charge in [-0.1, -0.05) is 36.7 Å². The second-order valence-corrected chi connectivity index (χ2v) is 5.48. The molecule has 21 heavy (non-hydrogen) atoms. The molecule has 5 heteroatoms. The maximum absolute atomic E-state index is 6.30. The molecule has 3 aromatic rings. The van der Waals surface area contributed by atoms with Crippen LogP contribution in [0.2, 0.25) is 5.02 Å². The summed E-state index contributed by atoms with van der Waals surface area (Å²) >= 11 is 6.30. The molecule has 0 saturated heterocycles. The fourth-order valence-corrected chi connectivity index (χ4v) is 2.79. The predicted octanol–water partition coefficient (Wildman–Crippen LogP) is 3.91. The second-order valence-electron chi connectivity index (χ2n) is 5.08. The summed E-state index contributed by atoms with van der Waals surface area (Å²) in [7, 11) is 1.89. The van der Waals surface area contributed by atoms with E-state index in [1.54, 1.807) is 10.9 Å². The maximum atomic E-state index is 6.30. The minimum absolute atomic E-state index is 0.0997. The highest BCUT2D eigenvalue weighted by atomic mass is 35.5. The van der Waals surface area contributed by atoms with Crippen molar-refractivity contribution in [3.05, 3.63) is 53.0 Å². The first-order valence-corrected chi connectivity index (χ1v) is 7.47. The van der Waals surface area contributed by atoms with Crippen molar-refractivity contribution < 1.29 is 4.42 Å². The number of furan rings is 1. The highest BCUT2D eigenvalue weighted by Crippen LogP contribution is 2.31. The first-order valence-electron chi connectivity index (χ1n) is 7.10. The van der Waals surface area contributed by atoms with Gasteiger partial charge in [-0.05, 0) is 25.1 Å². The molecule has 1 aromatic carbocycles. The first-order chi connectivity index (χ1) is 10.2. The van der Waals surface area contributed by atoms with Crippen molar-refractivity contribution in [1.82, 2.24) is 15.1 Å². The largest absolute Gasteiger partial charge is 0.459 e. The summed E-state index contributed by atoms with van der Waals surface area (Å²) in [5, 5.41) is 9.46. The third-order valence-corrected chi connectivity index (χ3v) is 3.83. The molecule has 4 nitrogen and oxygen atoms in total. The van der Waals surface area contributed by atoms with Gasteiger partial charge in [-0.15, -0.1) is 0 Å². The Morgan fingerprint density at radius 3 is 2.86 bits per heavy atom. The Hall–Kier alpha value is -1.78. The molecule has 2 heterocycles. The van der Waals surface area contributed by atoms with Crippen LogP contribution in [0, 0.1) is 0 Å². The van der Waals surface area contributed by atoms with Crippen molar-refractivity contribution >= 4 is 22.6 Å². The van der Waals surface area contributed by atoms with E-state index in [-0.39, 0.29) is 6.04 Å². The van der Waals surface area contributed by atoms with Gasteiger partial charge < -0.3 is 9.73 Å². The number of hydrogen-bond acceptors (Lipinski definition) is 3. The van der Waals surface area contributed by atoms with Crippen LogP contribution in [0.25, 0.3) is 11.0 Å². The van der Waals surface area contributed by atoms with Crippen molar-refractivity contribution in [1.29, 1.82) is 0 Å². The van der Waals surface area contributed by atoms with Crippen LogP contribution >= 0.6 is 11.6 Å². The molecule has 1 N–H and O–H groups in total. The van der Waals surface area contributed by atoms with Gasteiger partial charge in [0.1, 0.15) is 17.4 Å². The third-order valence-electron chi connectivity index (χ3n) is 3.54. The van der Waals surface area contributed by atoms with Gasteiger partial charge in [-0.3, -0.25) is 4.68 Å². The molecule has 0 spiro atoms. The third kappa shape index (κ3) is 2.69. The summed E-state index contributed by atoms with van der Waals surface area (Å²) in [5.41, 5.74) is 1.80. The molecule has 0 aliphatic heterocycles. The Bertz CT molecular complexity index is 694. The monoisotopic (exact) mass is 303 g/mol. The van der Waals surface area contributed by atoms with Crippen LogP contribution < -0.4 is 5.32 Å². The number of nitrogens with one attached hydrogen (secondary N) is 1. The van der Waals surface area contributed by atoms with Crippen molar-refractivity contribution in [2.75, 3.05) is 6.54 Å². The number of aromatic nitrogens is 2. The zero-order valence-electron chi connectivity index (χ0n) is 12.1. The van der Waals surface area contributed by atoms with Crippen molar-refractivity contribution in [3.63, 3.8) is 0 Å². The van der Waals surface area contributed by atoms with Gasteiger partial charge in [0.05, 0.1) is 16.9 Å². The van der Waals surface area contributed by atoms with E-state index in [9.17, 15) is 0 Å². The number of halogens is 1. The summed E-state index contributed by atoms with van der Waals surface area (Å²) in [6.07, 6.45) is 2.70. The number of para-hydroxylation sites is 1. The lowest BCUT2D eigenvalue weighted by atomic mass is 10.1. The molecule has 0 radical (unpaired) electrons. The van der Waals surface area contributed by atoms with Gasteiger partial charge in [0.2, 0.25) is 0 Å². The average molecular weight is 304 g/mol. The van der Waals surface area contributed by atoms with Gasteiger partial charge in [0.15, 0.2) is 0 Å². The van der Waals surface area contributed by atoms with Crippen LogP contribution in [0.15, 0.2) is 40.9 Å². The van der Waals surface area contributed by atoms with E-state index in [4.69, 9.17) is 16.0 Å². The van der Waals surface area contributed by atoms with Crippen LogP contribution in [0.5, 0.6) is 0 Å². The Morgan fingerprint density at radius 2 is 2.19 bits per heavy atom. The molecular formula is C16H18ClN3O. The Kier molecular flexibility index (Phi) is 3.99. The molecule has 0 aliphatic rings. The lowest BCUT2D eigenvalue weighted by molar-refractivity contribution is 0.452. The highest BCUT2D eigenvalue weighted by molar-refractivity contribution is 6.31. The van der Waals surface area contributed by atoms with Gasteiger partial charge in [-0.25, -0.2) is 0 Å². The average Bonchev–Trinajstić information content (AvgIpc) is 3.05. The number of benzene rings is 1. The fourth-order valence-electron chi connectivity index (χ4n) is 2.51. The van der Waals surface area contributed by atoms with Gasteiger partial charge >= 0.3 is 0 Å². The van der Waals surface area contributed by atoms with Gasteiger partial charge in [-0.2, -0.15) is 5.10 Å². The highest BCUT2D eigenvalue weighted by Gasteiger charge is 2.23. The molecule has 0 saturated carbocycles. The van der Waals surface area contributed by atoms with E-state index in [0.717, 1.165) is 35.4 Å². The van der Waals surface area contributed by atoms with E-state index in [0.29, 0.717) is 5.02 Å². The normalized spacial score (nSPS) is 12.9. The molecule has 0 aliphatic carbocycles. The molecule has 1 atom stereocenters. The van der Waals surface area contributed by atoms with Gasteiger partial charge in [0, 0.05) is 12.4 Å². The van der Waals surface area contributed by atoms with Crippen LogP contribution in [-0.4, -0.2) is 16.3 Å². The summed E-state index contributed by atoms with van der Waals surface area (Å²) in [4.78, 5) is 0. The zero-order chi connectivity index (χ0) is 14.8. The van der Waals surface area contributed by atoms with E-state index in [2.05, 4.69) is 23.4 Å². The number of aryl methyl sites for hydroxylation is 1. The summed E-state index contributed by atoms with van der Waals surface area (Å²) in [6.45, 7) is 3.01. The molecule has 0 amide bonds. The number of hydrogen-bond donors (Lipinski definition) is 1. The van der Waals surface area contributed by atoms with Crippen molar-refractivity contribution in [2.24, 2.45) is 7.05 Å². The van der Waals surface area contributed by atoms with E-state index in [1.165, 1.54) is 0 Å². The number of nitrogens with zero attached hydrogens (tertiary/aromatic N) is 2. The molecule has 0 fully saturated rings. The zero-order valence-corrected chi connectivity index (χ0v) is 12.9. The fraction of sp³-hybridized carbons (Fsp3) is 0.312. The topological polar surface area (TPSA) is 43.0 Å². The molecule has 2 aromatic heterocycles. The lowest BCUT2D eigenvalue weighted by Gasteiger charge is -2.17. The Morgan fingerprint density at radius 1 is 1.38 bits per heavy atom. The Labute approximate surface area is 128 Å².